The van der Waals surface area contributed by atoms with Crippen molar-refractivity contribution in [3.05, 3.63) is 40.4 Å². The Morgan fingerprint density at radius 1 is 1.50 bits per heavy atom. The highest BCUT2D eigenvalue weighted by Crippen LogP contribution is 2.39. The Hall–Kier alpha value is -1.35. The summed E-state index contributed by atoms with van der Waals surface area (Å²) < 4.78 is 0.833. The lowest BCUT2D eigenvalue weighted by Gasteiger charge is -2.35. The number of benzene rings is 1. The first-order chi connectivity index (χ1) is 9.69. The lowest BCUT2D eigenvalue weighted by Crippen LogP contribution is -2.45. The molecule has 4 nitrogen and oxygen atoms in total. The molecule has 1 heterocycles. The third kappa shape index (κ3) is 3.04. The minimum atomic E-state index is 0.0391. The minimum Gasteiger partial charge on any atom is -0.506 e. The van der Waals surface area contributed by atoms with Gasteiger partial charge in [-0.05, 0) is 18.6 Å². The number of hydrogen-bond acceptors (Lipinski definition) is 4. The molecule has 2 N–H and O–H groups in total. The summed E-state index contributed by atoms with van der Waals surface area (Å²) in [5, 5.41) is 22.8. The number of halogens is 1. The van der Waals surface area contributed by atoms with E-state index in [4.69, 9.17) is 5.26 Å². The molecule has 0 aromatic heterocycles. The number of aromatic hydroxyl groups is 1. The number of phenols is 1. The fourth-order valence-corrected chi connectivity index (χ4v) is 3.18. The Balaban J connectivity index is 2.43. The van der Waals surface area contributed by atoms with Gasteiger partial charge >= 0.3 is 0 Å². The molecule has 5 heteroatoms. The monoisotopic (exact) mass is 335 g/mol. The van der Waals surface area contributed by atoms with Crippen molar-refractivity contribution in [2.24, 2.45) is 0 Å². The average Bonchev–Trinajstić information content (AvgIpc) is 2.47. The average molecular weight is 336 g/mol. The Morgan fingerprint density at radius 2 is 2.20 bits per heavy atom. The summed E-state index contributed by atoms with van der Waals surface area (Å²) in [6, 6.07) is 5.53. The van der Waals surface area contributed by atoms with Gasteiger partial charge in [0.15, 0.2) is 0 Å². The quantitative estimate of drug-likeness (QED) is 0.830. The second-order valence-corrected chi connectivity index (χ2v) is 5.65. The molecule has 1 atom stereocenters. The van der Waals surface area contributed by atoms with Gasteiger partial charge in [-0.25, -0.2) is 0 Å². The molecule has 1 saturated heterocycles. The third-order valence-electron chi connectivity index (χ3n) is 3.60. The second-order valence-electron chi connectivity index (χ2n) is 4.80. The second kappa shape index (κ2) is 6.89. The van der Waals surface area contributed by atoms with Gasteiger partial charge < -0.3 is 10.4 Å². The zero-order valence-electron chi connectivity index (χ0n) is 11.3. The Morgan fingerprint density at radius 3 is 2.80 bits per heavy atom. The van der Waals surface area contributed by atoms with Crippen molar-refractivity contribution in [2.45, 2.75) is 12.5 Å². The first-order valence-corrected chi connectivity index (χ1v) is 7.45. The van der Waals surface area contributed by atoms with E-state index in [-0.39, 0.29) is 11.8 Å². The summed E-state index contributed by atoms with van der Waals surface area (Å²) in [7, 11) is 0. The van der Waals surface area contributed by atoms with Crippen LogP contribution in [-0.4, -0.2) is 36.2 Å². The van der Waals surface area contributed by atoms with Crippen LogP contribution in [0.1, 0.15) is 23.6 Å². The smallest absolute Gasteiger partial charge is 0.139 e. The van der Waals surface area contributed by atoms with Crippen LogP contribution in [0, 0.1) is 11.3 Å². The highest BCUT2D eigenvalue weighted by Gasteiger charge is 2.26. The number of hydrogen-bond donors (Lipinski definition) is 2. The van der Waals surface area contributed by atoms with Crippen molar-refractivity contribution in [3.63, 3.8) is 0 Å². The van der Waals surface area contributed by atoms with Crippen LogP contribution in [-0.2, 0) is 0 Å². The third-order valence-corrected chi connectivity index (χ3v) is 4.29. The largest absolute Gasteiger partial charge is 0.506 e. The van der Waals surface area contributed by atoms with E-state index in [2.05, 4.69) is 32.7 Å². The number of piperazine rings is 1. The molecule has 0 spiro atoms. The van der Waals surface area contributed by atoms with Crippen LogP contribution < -0.4 is 5.32 Å². The lowest BCUT2D eigenvalue weighted by molar-refractivity contribution is 0.171. The van der Waals surface area contributed by atoms with E-state index in [0.29, 0.717) is 5.56 Å². The SMILES string of the molecule is C=CC[C@H](c1c(Br)ccc(C#N)c1O)N1CCNCC1. The van der Waals surface area contributed by atoms with Gasteiger partial charge in [0.05, 0.1) is 5.56 Å². The van der Waals surface area contributed by atoms with Crippen LogP contribution in [0.5, 0.6) is 5.75 Å². The fourth-order valence-electron chi connectivity index (χ4n) is 2.59. The normalized spacial score (nSPS) is 17.4. The summed E-state index contributed by atoms with van der Waals surface area (Å²) in [4.78, 5) is 2.32. The molecule has 0 amide bonds. The highest BCUT2D eigenvalue weighted by molar-refractivity contribution is 9.10. The fraction of sp³-hybridized carbons (Fsp3) is 0.400. The van der Waals surface area contributed by atoms with Crippen molar-refractivity contribution in [1.82, 2.24) is 10.2 Å². The molecule has 1 aromatic carbocycles. The Bertz CT molecular complexity index is 533. The van der Waals surface area contributed by atoms with Crippen molar-refractivity contribution in [1.29, 1.82) is 5.26 Å². The highest BCUT2D eigenvalue weighted by atomic mass is 79.9. The Labute approximate surface area is 127 Å². The van der Waals surface area contributed by atoms with Crippen LogP contribution >= 0.6 is 15.9 Å². The number of nitrogens with one attached hydrogen (secondary N) is 1. The predicted molar refractivity (Wildman–Crippen MR) is 82.5 cm³/mol. The van der Waals surface area contributed by atoms with Crippen LogP contribution in [0.15, 0.2) is 29.3 Å². The first-order valence-electron chi connectivity index (χ1n) is 6.66. The molecule has 1 aliphatic heterocycles. The summed E-state index contributed by atoms with van der Waals surface area (Å²) >= 11 is 3.50. The predicted octanol–water partition coefficient (Wildman–Crippen LogP) is 2.55. The van der Waals surface area contributed by atoms with Crippen molar-refractivity contribution in [3.8, 4) is 11.8 Å². The molecule has 1 fully saturated rings. The molecule has 0 bridgehead atoms. The van der Waals surface area contributed by atoms with Gasteiger partial charge in [0.1, 0.15) is 11.8 Å². The van der Waals surface area contributed by atoms with Gasteiger partial charge in [0.25, 0.3) is 0 Å². The molecule has 0 aliphatic carbocycles. The van der Waals surface area contributed by atoms with E-state index in [9.17, 15) is 5.11 Å². The van der Waals surface area contributed by atoms with Gasteiger partial charge in [-0.3, -0.25) is 4.90 Å². The molecular formula is C15H18BrN3O. The van der Waals surface area contributed by atoms with E-state index < -0.39 is 0 Å². The van der Waals surface area contributed by atoms with Crippen molar-refractivity contribution >= 4 is 15.9 Å². The van der Waals surface area contributed by atoms with Crippen molar-refractivity contribution in [2.75, 3.05) is 26.2 Å². The molecule has 106 valence electrons. The minimum absolute atomic E-state index is 0.0391. The van der Waals surface area contributed by atoms with E-state index in [1.807, 2.05) is 18.2 Å². The van der Waals surface area contributed by atoms with Crippen LogP contribution in [0.4, 0.5) is 0 Å². The van der Waals surface area contributed by atoms with E-state index in [1.54, 1.807) is 6.07 Å². The van der Waals surface area contributed by atoms with Crippen LogP contribution in [0.25, 0.3) is 0 Å². The summed E-state index contributed by atoms with van der Waals surface area (Å²) in [6.07, 6.45) is 2.60. The summed E-state index contributed by atoms with van der Waals surface area (Å²) in [5.41, 5.74) is 1.10. The number of nitriles is 1. The van der Waals surface area contributed by atoms with Gasteiger partial charge in [-0.2, -0.15) is 5.26 Å². The van der Waals surface area contributed by atoms with Gasteiger partial charge in [0.2, 0.25) is 0 Å². The van der Waals surface area contributed by atoms with E-state index >= 15 is 0 Å². The number of phenolic OH excluding ortho intramolecular Hbond substituents is 1. The van der Waals surface area contributed by atoms with Gasteiger partial charge in [-0.15, -0.1) is 6.58 Å². The molecule has 2 rings (SSSR count). The summed E-state index contributed by atoms with van der Waals surface area (Å²) in [5.74, 6) is 0.0762. The molecule has 1 aliphatic rings. The van der Waals surface area contributed by atoms with Gasteiger partial charge in [0, 0.05) is 42.3 Å². The Kier molecular flexibility index (Phi) is 5.18. The van der Waals surface area contributed by atoms with Crippen molar-refractivity contribution < 1.29 is 5.11 Å². The number of rotatable bonds is 4. The van der Waals surface area contributed by atoms with Crippen LogP contribution in [0.3, 0.4) is 0 Å². The maximum absolute atomic E-state index is 10.4. The molecule has 20 heavy (non-hydrogen) atoms. The van der Waals surface area contributed by atoms with E-state index in [0.717, 1.165) is 42.6 Å². The van der Waals surface area contributed by atoms with E-state index in [1.165, 1.54) is 0 Å². The standard InChI is InChI=1S/C15H18BrN3O/c1-2-3-13(19-8-6-18-7-9-19)14-12(16)5-4-11(10-17)15(14)20/h2,4-5,13,18,20H,1,3,6-9H2/t13-/m1/s1. The molecule has 0 saturated carbocycles. The summed E-state index contributed by atoms with van der Waals surface area (Å²) in [6.45, 7) is 7.52. The zero-order chi connectivity index (χ0) is 14.5. The first kappa shape index (κ1) is 15.0. The zero-order valence-corrected chi connectivity index (χ0v) is 12.9. The topological polar surface area (TPSA) is 59.3 Å². The lowest BCUT2D eigenvalue weighted by atomic mass is 9.98. The maximum atomic E-state index is 10.4. The molecule has 0 unspecified atom stereocenters. The molecule has 0 radical (unpaired) electrons. The molecular weight excluding hydrogens is 318 g/mol. The van der Waals surface area contributed by atoms with Crippen LogP contribution in [0.2, 0.25) is 0 Å². The maximum Gasteiger partial charge on any atom is 0.139 e. The molecule has 1 aromatic rings. The number of nitrogens with zero attached hydrogens (tertiary/aromatic N) is 2. The van der Waals surface area contributed by atoms with Gasteiger partial charge in [-0.1, -0.05) is 22.0 Å².